The van der Waals surface area contributed by atoms with Crippen LogP contribution in [0.25, 0.3) is 10.9 Å². The summed E-state index contributed by atoms with van der Waals surface area (Å²) in [7, 11) is 1.49. The van der Waals surface area contributed by atoms with Gasteiger partial charge in [-0.1, -0.05) is 35.9 Å². The number of anilines is 1. The van der Waals surface area contributed by atoms with Gasteiger partial charge in [0, 0.05) is 29.8 Å². The molecule has 7 nitrogen and oxygen atoms in total. The Kier molecular flexibility index (Phi) is 5.97. The van der Waals surface area contributed by atoms with E-state index in [2.05, 4.69) is 10.3 Å². The molecule has 0 fully saturated rings. The number of likely N-dealkylation sites (N-methyl/N-ethyl adjacent to an activating group) is 1. The summed E-state index contributed by atoms with van der Waals surface area (Å²) in [4.78, 5) is 41.4. The van der Waals surface area contributed by atoms with Crippen molar-refractivity contribution < 1.29 is 19.1 Å². The van der Waals surface area contributed by atoms with Crippen LogP contribution >= 0.6 is 0 Å². The van der Waals surface area contributed by atoms with Crippen LogP contribution in [0.4, 0.5) is 5.69 Å². The zero-order valence-corrected chi connectivity index (χ0v) is 16.6. The van der Waals surface area contributed by atoms with Crippen LogP contribution in [0.2, 0.25) is 0 Å². The van der Waals surface area contributed by atoms with Gasteiger partial charge in [-0.05, 0) is 32.0 Å². The fraction of sp³-hybridized carbons (Fsp3) is 0.227. The molecule has 0 unspecified atom stereocenters. The number of esters is 1. The zero-order valence-electron chi connectivity index (χ0n) is 16.6. The number of rotatable bonds is 6. The number of aryl methyl sites for hydroxylation is 1. The minimum Gasteiger partial charge on any atom is -0.449 e. The number of amides is 2. The van der Waals surface area contributed by atoms with Gasteiger partial charge in [0.1, 0.15) is 0 Å². The average molecular weight is 393 g/mol. The summed E-state index contributed by atoms with van der Waals surface area (Å²) in [6, 6.07) is 14.7. The molecule has 1 aromatic heterocycles. The van der Waals surface area contributed by atoms with Gasteiger partial charge in [-0.25, -0.2) is 4.79 Å². The van der Waals surface area contributed by atoms with E-state index in [4.69, 9.17) is 4.74 Å². The third-order valence-corrected chi connectivity index (χ3v) is 4.53. The number of hydrogen-bond donors (Lipinski definition) is 2. The van der Waals surface area contributed by atoms with E-state index in [9.17, 15) is 14.4 Å². The maximum Gasteiger partial charge on any atom is 0.341 e. The Balaban J connectivity index is 1.56. The molecule has 3 rings (SSSR count). The van der Waals surface area contributed by atoms with Gasteiger partial charge in [-0.3, -0.25) is 9.59 Å². The lowest BCUT2D eigenvalue weighted by Crippen LogP contribution is -2.41. The first kappa shape index (κ1) is 20.1. The van der Waals surface area contributed by atoms with Gasteiger partial charge in [-0.15, -0.1) is 0 Å². The molecule has 3 aromatic rings. The zero-order chi connectivity index (χ0) is 21.0. The molecular formula is C22H23N3O4. The summed E-state index contributed by atoms with van der Waals surface area (Å²) < 4.78 is 5.32. The topological polar surface area (TPSA) is 91.5 Å². The number of nitrogens with zero attached hydrogens (tertiary/aromatic N) is 1. The monoisotopic (exact) mass is 393 g/mol. The maximum absolute atomic E-state index is 12.5. The number of aromatic nitrogens is 1. The van der Waals surface area contributed by atoms with Gasteiger partial charge >= 0.3 is 5.97 Å². The van der Waals surface area contributed by atoms with E-state index in [-0.39, 0.29) is 12.5 Å². The van der Waals surface area contributed by atoms with Crippen molar-refractivity contribution in [3.63, 3.8) is 0 Å². The number of hydrogen-bond acceptors (Lipinski definition) is 4. The first-order valence-electron chi connectivity index (χ1n) is 9.23. The molecule has 1 atom stereocenters. The number of carbonyl (C=O) groups excluding carboxylic acids is 3. The average Bonchev–Trinajstić information content (AvgIpc) is 3.13. The second kappa shape index (κ2) is 8.60. The maximum atomic E-state index is 12.5. The number of benzene rings is 2. The van der Waals surface area contributed by atoms with E-state index in [0.29, 0.717) is 11.3 Å². The minimum atomic E-state index is -1.02. The first-order chi connectivity index (χ1) is 13.8. The number of carbonyl (C=O) groups is 3. The highest BCUT2D eigenvalue weighted by molar-refractivity contribution is 6.04. The summed E-state index contributed by atoms with van der Waals surface area (Å²) in [5, 5.41) is 3.46. The summed E-state index contributed by atoms with van der Waals surface area (Å²) in [6.45, 7) is 3.29. The second-order valence-corrected chi connectivity index (χ2v) is 6.90. The Bertz CT molecular complexity index is 1040. The molecule has 150 valence electrons. The lowest BCUT2D eigenvalue weighted by molar-refractivity contribution is -0.140. The third kappa shape index (κ3) is 4.82. The fourth-order valence-corrected chi connectivity index (χ4v) is 2.96. The number of ether oxygens (including phenoxy) is 1. The van der Waals surface area contributed by atoms with E-state index >= 15 is 0 Å². The van der Waals surface area contributed by atoms with Crippen molar-refractivity contribution in [2.75, 3.05) is 18.9 Å². The summed E-state index contributed by atoms with van der Waals surface area (Å²) in [5.41, 5.74) is 2.91. The van der Waals surface area contributed by atoms with Crippen LogP contribution in [-0.2, 0) is 14.3 Å². The molecule has 2 aromatic carbocycles. The van der Waals surface area contributed by atoms with Gasteiger partial charge in [-0.2, -0.15) is 0 Å². The van der Waals surface area contributed by atoms with Crippen LogP contribution in [0.5, 0.6) is 0 Å². The van der Waals surface area contributed by atoms with Crippen LogP contribution in [0, 0.1) is 6.92 Å². The molecule has 0 spiro atoms. The highest BCUT2D eigenvalue weighted by atomic mass is 16.5. The Morgan fingerprint density at radius 2 is 1.79 bits per heavy atom. The Labute approximate surface area is 168 Å². The van der Waals surface area contributed by atoms with Crippen molar-refractivity contribution in [3.8, 4) is 0 Å². The normalized spacial score (nSPS) is 11.7. The lowest BCUT2D eigenvalue weighted by atomic mass is 10.2. The SMILES string of the molecule is Cc1ccc(NC(=O)CN(C)C(=O)[C@H](C)OC(=O)c2c[nH]c3ccccc23)cc1. The van der Waals surface area contributed by atoms with Crippen LogP contribution in [0.1, 0.15) is 22.8 Å². The van der Waals surface area contributed by atoms with Gasteiger partial charge in [0.25, 0.3) is 5.91 Å². The van der Waals surface area contributed by atoms with Crippen molar-refractivity contribution in [3.05, 3.63) is 65.9 Å². The Morgan fingerprint density at radius 1 is 1.10 bits per heavy atom. The van der Waals surface area contributed by atoms with Crippen LogP contribution < -0.4 is 5.32 Å². The molecule has 2 N–H and O–H groups in total. The molecule has 2 amide bonds. The van der Waals surface area contributed by atoms with E-state index in [1.165, 1.54) is 18.9 Å². The molecule has 0 saturated carbocycles. The molecule has 0 bridgehead atoms. The number of H-pyrrole nitrogens is 1. The third-order valence-electron chi connectivity index (χ3n) is 4.53. The van der Waals surface area contributed by atoms with Crippen molar-refractivity contribution >= 4 is 34.4 Å². The Hall–Kier alpha value is -3.61. The molecule has 0 radical (unpaired) electrons. The van der Waals surface area contributed by atoms with E-state index in [1.54, 1.807) is 24.4 Å². The van der Waals surface area contributed by atoms with Crippen LogP contribution in [-0.4, -0.2) is 47.4 Å². The van der Waals surface area contributed by atoms with Crippen molar-refractivity contribution in [1.82, 2.24) is 9.88 Å². The molecule has 29 heavy (non-hydrogen) atoms. The molecule has 0 aliphatic carbocycles. The molecule has 0 aliphatic rings. The standard InChI is InChI=1S/C22H23N3O4/c1-14-8-10-16(11-9-14)24-20(26)13-25(3)21(27)15(2)29-22(28)18-12-23-19-7-5-4-6-17(18)19/h4-12,15,23H,13H2,1-3H3,(H,24,26)/t15-/m0/s1. The lowest BCUT2D eigenvalue weighted by Gasteiger charge is -2.21. The largest absolute Gasteiger partial charge is 0.449 e. The summed E-state index contributed by atoms with van der Waals surface area (Å²) in [5.74, 6) is -1.39. The van der Waals surface area contributed by atoms with Gasteiger partial charge in [0.05, 0.1) is 12.1 Å². The van der Waals surface area contributed by atoms with E-state index < -0.39 is 18.0 Å². The second-order valence-electron chi connectivity index (χ2n) is 6.90. The predicted octanol–water partition coefficient (Wildman–Crippen LogP) is 3.12. The van der Waals surface area contributed by atoms with Gasteiger partial charge < -0.3 is 19.9 Å². The molecule has 0 saturated heterocycles. The van der Waals surface area contributed by atoms with Crippen LogP contribution in [0.3, 0.4) is 0 Å². The number of para-hydroxylation sites is 1. The molecule has 7 heteroatoms. The summed E-state index contributed by atoms with van der Waals surface area (Å²) in [6.07, 6.45) is 0.538. The van der Waals surface area contributed by atoms with Gasteiger partial charge in [0.2, 0.25) is 5.91 Å². The van der Waals surface area contributed by atoms with Crippen LogP contribution in [0.15, 0.2) is 54.7 Å². The smallest absolute Gasteiger partial charge is 0.341 e. The number of nitrogens with one attached hydrogen (secondary N) is 2. The summed E-state index contributed by atoms with van der Waals surface area (Å²) >= 11 is 0. The van der Waals surface area contributed by atoms with Gasteiger partial charge in [0.15, 0.2) is 6.10 Å². The fourth-order valence-electron chi connectivity index (χ4n) is 2.96. The first-order valence-corrected chi connectivity index (χ1v) is 9.23. The van der Waals surface area contributed by atoms with E-state index in [0.717, 1.165) is 16.5 Å². The van der Waals surface area contributed by atoms with Crippen molar-refractivity contribution in [1.29, 1.82) is 0 Å². The van der Waals surface area contributed by atoms with Crippen molar-refractivity contribution in [2.45, 2.75) is 20.0 Å². The van der Waals surface area contributed by atoms with E-state index in [1.807, 2.05) is 37.3 Å². The van der Waals surface area contributed by atoms with Crippen molar-refractivity contribution in [2.24, 2.45) is 0 Å². The quantitative estimate of drug-likeness (QED) is 0.630. The molecule has 1 heterocycles. The highest BCUT2D eigenvalue weighted by Crippen LogP contribution is 2.19. The predicted molar refractivity (Wildman–Crippen MR) is 111 cm³/mol. The molecular weight excluding hydrogens is 370 g/mol. The highest BCUT2D eigenvalue weighted by Gasteiger charge is 2.24. The molecule has 0 aliphatic heterocycles. The number of fused-ring (bicyclic) bond motifs is 1. The minimum absolute atomic E-state index is 0.151. The Morgan fingerprint density at radius 3 is 2.52 bits per heavy atom. The number of aromatic amines is 1.